The first kappa shape index (κ1) is 36.9. The van der Waals surface area contributed by atoms with E-state index in [1.54, 1.807) is 0 Å². The summed E-state index contributed by atoms with van der Waals surface area (Å²) in [5.41, 5.74) is 0. The van der Waals surface area contributed by atoms with Crippen molar-refractivity contribution in [3.8, 4) is 0 Å². The summed E-state index contributed by atoms with van der Waals surface area (Å²) in [4.78, 5) is 2.89. The third-order valence-electron chi connectivity index (χ3n) is 4.52. The molecule has 0 radical (unpaired) electrons. The second kappa shape index (κ2) is 11.4. The number of aromatic amines is 1. The molecule has 4 nitrogen and oxygen atoms in total. The summed E-state index contributed by atoms with van der Waals surface area (Å²) in [5.74, 6) is -48.3. The fourth-order valence-electron chi connectivity index (χ4n) is 2.33. The minimum atomic E-state index is -8.59. The van der Waals surface area contributed by atoms with Gasteiger partial charge in [-0.1, -0.05) is 6.07 Å². The van der Waals surface area contributed by atoms with E-state index in [1.807, 2.05) is 30.6 Å². The highest BCUT2D eigenvalue weighted by Gasteiger charge is 2.93. The van der Waals surface area contributed by atoms with Crippen molar-refractivity contribution in [3.05, 3.63) is 30.6 Å². The molecule has 0 saturated heterocycles. The van der Waals surface area contributed by atoms with Crippen molar-refractivity contribution >= 4 is 10.1 Å². The van der Waals surface area contributed by atoms with Crippen LogP contribution >= 0.6 is 0 Å². The molecule has 39 heavy (non-hydrogen) atoms. The van der Waals surface area contributed by atoms with E-state index in [-0.39, 0.29) is 0 Å². The van der Waals surface area contributed by atoms with E-state index in [1.165, 1.54) is 0 Å². The van der Waals surface area contributed by atoms with Gasteiger partial charge >= 0.3 is 47.0 Å². The average molecular weight is 635 g/mol. The van der Waals surface area contributed by atoms with Crippen LogP contribution < -0.4 is 4.98 Å². The van der Waals surface area contributed by atoms with E-state index in [0.29, 0.717) is 0 Å². The maximum Gasteiger partial charge on any atom is 0.402 e. The lowest BCUT2D eigenvalue weighted by Gasteiger charge is -2.42. The van der Waals surface area contributed by atoms with Gasteiger partial charge in [0.05, 0.1) is 0 Å². The highest BCUT2D eigenvalue weighted by Crippen LogP contribution is 2.63. The molecule has 0 spiro atoms. The summed E-state index contributed by atoms with van der Waals surface area (Å²) in [5, 5.41) is -7.83. The summed E-state index contributed by atoms with van der Waals surface area (Å²) >= 11 is 0. The molecule has 1 heterocycles. The molecule has 230 valence electrons. The Balaban J connectivity index is 0.00000210. The summed E-state index contributed by atoms with van der Waals surface area (Å²) in [6.07, 6.45) is -9.42. The highest BCUT2D eigenvalue weighted by atomic mass is 32.2. The van der Waals surface area contributed by atoms with E-state index in [2.05, 4.69) is 4.98 Å². The molecule has 0 atom stereocenters. The van der Waals surface area contributed by atoms with Gasteiger partial charge in [0.2, 0.25) is 0 Å². The molecule has 0 unspecified atom stereocenters. The van der Waals surface area contributed by atoms with Gasteiger partial charge in [0.25, 0.3) is 0 Å². The van der Waals surface area contributed by atoms with Crippen molar-refractivity contribution in [1.82, 2.24) is 0 Å². The molecule has 0 bridgehead atoms. The predicted molar refractivity (Wildman–Crippen MR) is 91.8 cm³/mol. The maximum atomic E-state index is 13.4. The molecule has 0 amide bonds. The fourth-order valence-corrected chi connectivity index (χ4v) is 2.77. The Hall–Kier alpha value is -2.13. The molecule has 0 aliphatic heterocycles. The van der Waals surface area contributed by atoms with Crippen molar-refractivity contribution < 1.29 is 92.6 Å². The smallest absolute Gasteiger partial charge is 0.402 e. The second-order valence-corrected chi connectivity index (χ2v) is 8.87. The number of hydrogen-bond acceptors (Lipinski definition) is 3. The first-order chi connectivity index (χ1) is 17.0. The number of unbranched alkanes of at least 4 members (excludes halogenated alkanes) is 1. The predicted octanol–water partition coefficient (Wildman–Crippen LogP) is 6.56. The first-order valence-corrected chi connectivity index (χ1v) is 10.9. The minimum absolute atomic E-state index is 1.50. The Bertz CT molecular complexity index is 1000. The zero-order chi connectivity index (χ0) is 31.6. The van der Waals surface area contributed by atoms with Gasteiger partial charge < -0.3 is 4.55 Å². The van der Waals surface area contributed by atoms with Crippen molar-refractivity contribution in [1.29, 1.82) is 0 Å². The molecule has 1 rings (SSSR count). The van der Waals surface area contributed by atoms with Crippen LogP contribution in [0.3, 0.4) is 0 Å². The Morgan fingerprint density at radius 1 is 0.538 bits per heavy atom. The SMILES string of the molecule is O=S(=O)([O-])C(F)(F)C(F)(F)C(F)(F)C(F)(F)C(F)(F)C(F)(F)C(F)(F)CCCCC(F)(F)F.c1cc[nH+]cc1. The number of alkyl halides is 17. The summed E-state index contributed by atoms with van der Waals surface area (Å²) in [6, 6.07) is 5.86. The molecule has 22 heteroatoms. The summed E-state index contributed by atoms with van der Waals surface area (Å²) in [6.45, 7) is 0. The van der Waals surface area contributed by atoms with Gasteiger partial charge in [-0.2, -0.15) is 74.6 Å². The van der Waals surface area contributed by atoms with Crippen LogP contribution in [0, 0.1) is 0 Å². The zero-order valence-electron chi connectivity index (χ0n) is 18.3. The van der Waals surface area contributed by atoms with E-state index in [4.69, 9.17) is 0 Å². The Morgan fingerprint density at radius 3 is 1.21 bits per heavy atom. The molecule has 0 aliphatic rings. The van der Waals surface area contributed by atoms with E-state index in [0.717, 1.165) is 0 Å². The Labute approximate surface area is 206 Å². The van der Waals surface area contributed by atoms with E-state index in [9.17, 15) is 87.6 Å². The van der Waals surface area contributed by atoms with Crippen LogP contribution in [-0.2, 0) is 10.1 Å². The number of aromatic nitrogens is 1. The van der Waals surface area contributed by atoms with Gasteiger partial charge in [0.1, 0.15) is 0 Å². The molecule has 0 saturated carbocycles. The lowest BCUT2D eigenvalue weighted by molar-refractivity contribution is -0.436. The Morgan fingerprint density at radius 2 is 0.897 bits per heavy atom. The second-order valence-electron chi connectivity index (χ2n) is 7.45. The van der Waals surface area contributed by atoms with Crippen LogP contribution in [-0.4, -0.2) is 59.9 Å². The quantitative estimate of drug-likeness (QED) is 0.157. The number of halogens is 17. The lowest BCUT2D eigenvalue weighted by Crippen LogP contribution is -2.73. The van der Waals surface area contributed by atoms with Crippen LogP contribution in [0.4, 0.5) is 74.6 Å². The van der Waals surface area contributed by atoms with E-state index >= 15 is 0 Å². The van der Waals surface area contributed by atoms with E-state index < -0.39 is 82.8 Å². The van der Waals surface area contributed by atoms with Gasteiger partial charge in [-0.25, -0.2) is 13.4 Å². The van der Waals surface area contributed by atoms with Gasteiger partial charge in [0, 0.05) is 25.0 Å². The first-order valence-electron chi connectivity index (χ1n) is 9.53. The van der Waals surface area contributed by atoms with Gasteiger partial charge in [0.15, 0.2) is 22.5 Å². The van der Waals surface area contributed by atoms with Crippen LogP contribution in [0.15, 0.2) is 30.6 Å². The molecule has 0 aliphatic carbocycles. The monoisotopic (exact) mass is 635 g/mol. The van der Waals surface area contributed by atoms with Gasteiger partial charge in [-0.3, -0.25) is 0 Å². The molecule has 1 N–H and O–H groups in total. The summed E-state index contributed by atoms with van der Waals surface area (Å²) in [7, 11) is -8.06. The molecular formula is C17H14F17NO3S. The van der Waals surface area contributed by atoms with Crippen LogP contribution in [0.5, 0.6) is 0 Å². The number of nitrogens with one attached hydrogen (secondary N) is 1. The Kier molecular flexibility index (Phi) is 10.8. The van der Waals surface area contributed by atoms with Crippen molar-refractivity contribution in [2.75, 3.05) is 0 Å². The molecule has 0 fully saturated rings. The normalized spacial score (nSPS) is 15.0. The van der Waals surface area contributed by atoms with Crippen molar-refractivity contribution in [3.63, 3.8) is 0 Å². The third kappa shape index (κ3) is 7.15. The van der Waals surface area contributed by atoms with Crippen LogP contribution in [0.25, 0.3) is 0 Å². The summed E-state index contributed by atoms with van der Waals surface area (Å²) < 4.78 is 251. The highest BCUT2D eigenvalue weighted by molar-refractivity contribution is 7.86. The zero-order valence-corrected chi connectivity index (χ0v) is 19.1. The van der Waals surface area contributed by atoms with Crippen LogP contribution in [0.2, 0.25) is 0 Å². The number of rotatable bonds is 11. The maximum absolute atomic E-state index is 13.4. The fraction of sp³-hybridized carbons (Fsp3) is 0.706. The molecule has 0 aromatic carbocycles. The van der Waals surface area contributed by atoms with Crippen LogP contribution in [0.1, 0.15) is 25.7 Å². The number of hydrogen-bond donors (Lipinski definition) is 0. The molecular weight excluding hydrogens is 621 g/mol. The lowest BCUT2D eigenvalue weighted by atomic mass is 9.89. The number of H-pyrrole nitrogens is 1. The van der Waals surface area contributed by atoms with Crippen molar-refractivity contribution in [2.45, 2.75) is 72.6 Å². The van der Waals surface area contributed by atoms with Gasteiger partial charge in [-0.15, -0.1) is 0 Å². The minimum Gasteiger partial charge on any atom is -0.743 e. The number of pyridine rings is 1. The standard InChI is InChI=1S/C12H9F17O3S.C5H5N/c13-5(14,3-1-2-4-6(15,16)17)7(18,19)8(20,21)9(22,23)10(24,25)11(26,27)12(28,29)33(30,31)32;1-2-4-6-5-3-1/h1-4H2,(H,30,31,32);1-5H. The third-order valence-corrected chi connectivity index (χ3v) is 5.41. The van der Waals surface area contributed by atoms with Gasteiger partial charge in [-0.05, 0) is 12.8 Å². The largest absolute Gasteiger partial charge is 0.743 e. The average Bonchev–Trinajstić information content (AvgIpc) is 2.76. The molecule has 1 aromatic heterocycles. The topological polar surface area (TPSA) is 71.3 Å². The molecule has 1 aromatic rings. The van der Waals surface area contributed by atoms with Crippen molar-refractivity contribution in [2.24, 2.45) is 0 Å².